The molecule has 0 aromatic heterocycles. The van der Waals surface area contributed by atoms with Gasteiger partial charge in [-0.15, -0.1) is 6.42 Å². The van der Waals surface area contributed by atoms with Crippen LogP contribution < -0.4 is 5.32 Å². The maximum Gasteiger partial charge on any atom is 0.0599 e. The van der Waals surface area contributed by atoms with Crippen molar-refractivity contribution in [2.75, 3.05) is 20.1 Å². The summed E-state index contributed by atoms with van der Waals surface area (Å²) in [7, 11) is 2.08. The molecule has 0 aliphatic rings. The highest BCUT2D eigenvalue weighted by molar-refractivity contribution is 4.89. The van der Waals surface area contributed by atoms with Crippen molar-refractivity contribution >= 4 is 0 Å². The topological polar surface area (TPSA) is 15.3 Å². The lowest BCUT2D eigenvalue weighted by molar-refractivity contribution is 0.238. The smallest absolute Gasteiger partial charge is 0.0599 e. The van der Waals surface area contributed by atoms with Gasteiger partial charge in [0.05, 0.1) is 6.54 Å². The monoisotopic (exact) mass is 196 g/mol. The second kappa shape index (κ2) is 6.06. The van der Waals surface area contributed by atoms with Crippen molar-refractivity contribution in [2.45, 2.75) is 45.7 Å². The second-order valence-corrected chi connectivity index (χ2v) is 4.81. The van der Waals surface area contributed by atoms with E-state index in [1.54, 1.807) is 0 Å². The number of hydrogen-bond donors (Lipinski definition) is 1. The number of rotatable bonds is 5. The first kappa shape index (κ1) is 13.5. The zero-order valence-corrected chi connectivity index (χ0v) is 10.2. The molecule has 0 aliphatic heterocycles. The molecule has 0 fully saturated rings. The molecule has 1 atom stereocenters. The Balaban J connectivity index is 3.98. The molecule has 0 spiro atoms. The summed E-state index contributed by atoms with van der Waals surface area (Å²) in [5.74, 6) is 2.68. The van der Waals surface area contributed by atoms with E-state index in [-0.39, 0.29) is 5.54 Å². The Kier molecular flexibility index (Phi) is 5.83. The molecule has 0 aromatic carbocycles. The minimum Gasteiger partial charge on any atom is -0.311 e. The molecule has 2 heteroatoms. The van der Waals surface area contributed by atoms with Crippen LogP contribution in [0.2, 0.25) is 0 Å². The van der Waals surface area contributed by atoms with E-state index >= 15 is 0 Å². The third-order valence-corrected chi connectivity index (χ3v) is 2.30. The highest BCUT2D eigenvalue weighted by Gasteiger charge is 2.15. The van der Waals surface area contributed by atoms with Gasteiger partial charge in [-0.2, -0.15) is 0 Å². The number of terminal acetylenes is 1. The number of likely N-dealkylation sites (N-methyl/N-ethyl adjacent to an activating group) is 1. The maximum absolute atomic E-state index is 5.29. The van der Waals surface area contributed by atoms with E-state index in [9.17, 15) is 0 Å². The molecule has 2 nitrogen and oxygen atoms in total. The predicted molar refractivity (Wildman–Crippen MR) is 63.3 cm³/mol. The number of hydrogen-bond acceptors (Lipinski definition) is 2. The van der Waals surface area contributed by atoms with Gasteiger partial charge >= 0.3 is 0 Å². The van der Waals surface area contributed by atoms with Crippen LogP contribution in [-0.4, -0.2) is 36.6 Å². The summed E-state index contributed by atoms with van der Waals surface area (Å²) in [6.45, 7) is 10.5. The van der Waals surface area contributed by atoms with E-state index < -0.39 is 0 Å². The molecular weight excluding hydrogens is 172 g/mol. The van der Waals surface area contributed by atoms with Gasteiger partial charge in [0, 0.05) is 18.1 Å². The Labute approximate surface area is 89.1 Å². The van der Waals surface area contributed by atoms with Crippen molar-refractivity contribution in [2.24, 2.45) is 0 Å². The van der Waals surface area contributed by atoms with Crippen LogP contribution in [-0.2, 0) is 0 Å². The molecule has 0 saturated heterocycles. The van der Waals surface area contributed by atoms with E-state index in [2.05, 4.69) is 50.9 Å². The van der Waals surface area contributed by atoms with E-state index in [1.165, 1.54) is 0 Å². The van der Waals surface area contributed by atoms with Gasteiger partial charge in [0.25, 0.3) is 0 Å². The predicted octanol–water partition coefficient (Wildman–Crippen LogP) is 1.72. The molecule has 14 heavy (non-hydrogen) atoms. The summed E-state index contributed by atoms with van der Waals surface area (Å²) in [5, 5.41) is 3.50. The standard InChI is InChI=1S/C12H24N2/c1-7-9-14(6)11(8-2)10-13-12(3,4)5/h1,11,13H,8-10H2,2-6H3. The van der Waals surface area contributed by atoms with Crippen molar-refractivity contribution in [3.05, 3.63) is 0 Å². The van der Waals surface area contributed by atoms with E-state index in [1.807, 2.05) is 0 Å². The average Bonchev–Trinajstić information content (AvgIpc) is 2.03. The largest absolute Gasteiger partial charge is 0.311 e. The first-order chi connectivity index (χ1) is 6.40. The Morgan fingerprint density at radius 3 is 2.36 bits per heavy atom. The van der Waals surface area contributed by atoms with Crippen molar-refractivity contribution in [1.29, 1.82) is 0 Å². The van der Waals surface area contributed by atoms with E-state index in [4.69, 9.17) is 6.42 Å². The Morgan fingerprint density at radius 1 is 1.43 bits per heavy atom. The van der Waals surface area contributed by atoms with Gasteiger partial charge in [-0.25, -0.2) is 0 Å². The molecule has 0 heterocycles. The van der Waals surface area contributed by atoms with Crippen LogP contribution in [0.4, 0.5) is 0 Å². The SMILES string of the molecule is C#CCN(C)C(CC)CNC(C)(C)C. The lowest BCUT2D eigenvalue weighted by Gasteiger charge is -2.29. The van der Waals surface area contributed by atoms with Crippen molar-refractivity contribution in [3.8, 4) is 12.3 Å². The fourth-order valence-electron chi connectivity index (χ4n) is 1.31. The van der Waals surface area contributed by atoms with Crippen LogP contribution in [0, 0.1) is 12.3 Å². The van der Waals surface area contributed by atoms with E-state index in [0.717, 1.165) is 19.5 Å². The Morgan fingerprint density at radius 2 is 2.00 bits per heavy atom. The summed E-state index contributed by atoms with van der Waals surface area (Å²) in [4.78, 5) is 2.22. The molecule has 0 saturated carbocycles. The molecule has 0 radical (unpaired) electrons. The normalized spacial score (nSPS) is 14.1. The van der Waals surface area contributed by atoms with Crippen LogP contribution in [0.25, 0.3) is 0 Å². The highest BCUT2D eigenvalue weighted by Crippen LogP contribution is 2.04. The molecule has 82 valence electrons. The first-order valence-electron chi connectivity index (χ1n) is 5.29. The van der Waals surface area contributed by atoms with Gasteiger partial charge in [0.1, 0.15) is 0 Å². The minimum atomic E-state index is 0.185. The molecule has 0 aliphatic carbocycles. The Bertz CT molecular complexity index is 185. The third-order valence-electron chi connectivity index (χ3n) is 2.30. The summed E-state index contributed by atoms with van der Waals surface area (Å²) in [5.41, 5.74) is 0.185. The molecule has 0 amide bonds. The number of nitrogens with zero attached hydrogens (tertiary/aromatic N) is 1. The number of nitrogens with one attached hydrogen (secondary N) is 1. The zero-order valence-electron chi connectivity index (χ0n) is 10.2. The zero-order chi connectivity index (χ0) is 11.2. The molecule has 1 N–H and O–H groups in total. The summed E-state index contributed by atoms with van der Waals surface area (Å²) in [6.07, 6.45) is 6.42. The summed E-state index contributed by atoms with van der Waals surface area (Å²) >= 11 is 0. The molecule has 1 unspecified atom stereocenters. The highest BCUT2D eigenvalue weighted by atomic mass is 15.1. The quantitative estimate of drug-likeness (QED) is 0.674. The minimum absolute atomic E-state index is 0.185. The summed E-state index contributed by atoms with van der Waals surface area (Å²) < 4.78 is 0. The van der Waals surface area contributed by atoms with Crippen molar-refractivity contribution in [1.82, 2.24) is 10.2 Å². The maximum atomic E-state index is 5.29. The average molecular weight is 196 g/mol. The Hall–Kier alpha value is -0.520. The molecule has 0 aromatic rings. The molecular formula is C12H24N2. The fourth-order valence-corrected chi connectivity index (χ4v) is 1.31. The van der Waals surface area contributed by atoms with Crippen LogP contribution in [0.1, 0.15) is 34.1 Å². The van der Waals surface area contributed by atoms with E-state index in [0.29, 0.717) is 6.04 Å². The van der Waals surface area contributed by atoms with Crippen molar-refractivity contribution < 1.29 is 0 Å². The van der Waals surface area contributed by atoms with Gasteiger partial charge in [0.2, 0.25) is 0 Å². The molecule has 0 bridgehead atoms. The second-order valence-electron chi connectivity index (χ2n) is 4.81. The lowest BCUT2D eigenvalue weighted by Crippen LogP contribution is -2.46. The molecule has 0 rings (SSSR count). The first-order valence-corrected chi connectivity index (χ1v) is 5.29. The van der Waals surface area contributed by atoms with Crippen LogP contribution in [0.3, 0.4) is 0 Å². The van der Waals surface area contributed by atoms with Crippen molar-refractivity contribution in [3.63, 3.8) is 0 Å². The van der Waals surface area contributed by atoms with Gasteiger partial charge in [-0.05, 0) is 34.2 Å². The third kappa shape index (κ3) is 6.01. The lowest BCUT2D eigenvalue weighted by atomic mass is 10.1. The van der Waals surface area contributed by atoms with Crippen LogP contribution >= 0.6 is 0 Å². The van der Waals surface area contributed by atoms with Gasteiger partial charge in [-0.1, -0.05) is 12.8 Å². The van der Waals surface area contributed by atoms with Gasteiger partial charge in [-0.3, -0.25) is 4.90 Å². The van der Waals surface area contributed by atoms with Crippen LogP contribution in [0.5, 0.6) is 0 Å². The van der Waals surface area contributed by atoms with Crippen LogP contribution in [0.15, 0.2) is 0 Å². The van der Waals surface area contributed by atoms with Gasteiger partial charge < -0.3 is 5.32 Å². The fraction of sp³-hybridized carbons (Fsp3) is 0.833. The van der Waals surface area contributed by atoms with Gasteiger partial charge in [0.15, 0.2) is 0 Å². The summed E-state index contributed by atoms with van der Waals surface area (Å²) in [6, 6.07) is 0.533.